The molecule has 1 aliphatic rings. The van der Waals surface area contributed by atoms with Crippen LogP contribution in [0.4, 0.5) is 0 Å². The Bertz CT molecular complexity index is 575. The van der Waals surface area contributed by atoms with Crippen LogP contribution in [-0.2, 0) is 9.84 Å². The number of nitrogens with one attached hydrogen (secondary N) is 1. The normalized spacial score (nSPS) is 24.4. The molecule has 2 rings (SSSR count). The molecule has 0 aliphatic carbocycles. The van der Waals surface area contributed by atoms with Crippen molar-refractivity contribution >= 4 is 33.0 Å². The second kappa shape index (κ2) is 6.65. The highest BCUT2D eigenvalue weighted by molar-refractivity contribution is 7.90. The summed E-state index contributed by atoms with van der Waals surface area (Å²) in [5.41, 5.74) is 1.06. The first-order chi connectivity index (χ1) is 9.37. The van der Waals surface area contributed by atoms with E-state index in [1.54, 1.807) is 6.07 Å². The molecule has 1 aromatic rings. The summed E-state index contributed by atoms with van der Waals surface area (Å²) in [6, 6.07) is 5.58. The topological polar surface area (TPSA) is 46.2 Å². The average molecular weight is 336 g/mol. The lowest BCUT2D eigenvalue weighted by atomic mass is 9.85. The monoisotopic (exact) mass is 335 g/mol. The molecule has 1 saturated heterocycles. The zero-order valence-electron chi connectivity index (χ0n) is 11.4. The molecule has 0 amide bonds. The fourth-order valence-electron chi connectivity index (χ4n) is 2.84. The summed E-state index contributed by atoms with van der Waals surface area (Å²) < 4.78 is 23.3. The van der Waals surface area contributed by atoms with Gasteiger partial charge in [-0.15, -0.1) is 0 Å². The standard InChI is InChI=1S/C14H19Cl2NO2S/c1-20(18,19)9-11-3-2-6-17-8-12(11)10-4-5-13(15)14(16)7-10/h4-5,7,11-12,17H,2-3,6,8-9H2,1H3. The van der Waals surface area contributed by atoms with E-state index >= 15 is 0 Å². The van der Waals surface area contributed by atoms with Crippen molar-refractivity contribution in [3.8, 4) is 0 Å². The van der Waals surface area contributed by atoms with E-state index in [9.17, 15) is 8.42 Å². The summed E-state index contributed by atoms with van der Waals surface area (Å²) in [6.45, 7) is 1.70. The Morgan fingerprint density at radius 2 is 2.05 bits per heavy atom. The molecule has 1 fully saturated rings. The van der Waals surface area contributed by atoms with Gasteiger partial charge in [0.15, 0.2) is 0 Å². The molecule has 6 heteroatoms. The van der Waals surface area contributed by atoms with Crippen LogP contribution >= 0.6 is 23.2 Å². The van der Waals surface area contributed by atoms with Gasteiger partial charge in [0.05, 0.1) is 15.8 Å². The predicted molar refractivity (Wildman–Crippen MR) is 84.5 cm³/mol. The summed E-state index contributed by atoms with van der Waals surface area (Å²) in [4.78, 5) is 0. The van der Waals surface area contributed by atoms with Gasteiger partial charge in [0.25, 0.3) is 0 Å². The smallest absolute Gasteiger partial charge is 0.147 e. The molecule has 0 spiro atoms. The van der Waals surface area contributed by atoms with Gasteiger partial charge in [-0.05, 0) is 43.0 Å². The van der Waals surface area contributed by atoms with Crippen LogP contribution in [0.25, 0.3) is 0 Å². The first kappa shape index (κ1) is 16.1. The van der Waals surface area contributed by atoms with Crippen molar-refractivity contribution in [3.05, 3.63) is 33.8 Å². The molecule has 20 heavy (non-hydrogen) atoms. The number of hydrogen-bond donors (Lipinski definition) is 1. The summed E-state index contributed by atoms with van der Waals surface area (Å²) in [5.74, 6) is 0.499. The van der Waals surface area contributed by atoms with Gasteiger partial charge in [0, 0.05) is 18.7 Å². The summed E-state index contributed by atoms with van der Waals surface area (Å²) in [7, 11) is -2.99. The molecule has 0 aromatic heterocycles. The van der Waals surface area contributed by atoms with Crippen LogP contribution in [0.5, 0.6) is 0 Å². The van der Waals surface area contributed by atoms with Gasteiger partial charge < -0.3 is 5.32 Å². The Morgan fingerprint density at radius 1 is 1.30 bits per heavy atom. The van der Waals surface area contributed by atoms with Gasteiger partial charge in [-0.1, -0.05) is 29.3 Å². The van der Waals surface area contributed by atoms with Gasteiger partial charge in [-0.25, -0.2) is 8.42 Å². The predicted octanol–water partition coefficient (Wildman–Crippen LogP) is 3.12. The van der Waals surface area contributed by atoms with Crippen LogP contribution in [0.2, 0.25) is 10.0 Å². The van der Waals surface area contributed by atoms with Crippen LogP contribution in [0, 0.1) is 5.92 Å². The molecule has 0 radical (unpaired) electrons. The molecule has 2 atom stereocenters. The third-order valence-electron chi connectivity index (χ3n) is 3.75. The summed E-state index contributed by atoms with van der Waals surface area (Å²) in [5, 5.41) is 4.42. The average Bonchev–Trinajstić information content (AvgIpc) is 2.56. The van der Waals surface area contributed by atoms with E-state index in [2.05, 4.69) is 5.32 Å². The van der Waals surface area contributed by atoms with Crippen molar-refractivity contribution < 1.29 is 8.42 Å². The van der Waals surface area contributed by atoms with Crippen molar-refractivity contribution in [2.24, 2.45) is 5.92 Å². The molecule has 1 N–H and O–H groups in total. The van der Waals surface area contributed by atoms with Crippen molar-refractivity contribution in [2.75, 3.05) is 25.1 Å². The molecule has 1 aliphatic heterocycles. The fraction of sp³-hybridized carbons (Fsp3) is 0.571. The maximum absolute atomic E-state index is 11.6. The SMILES string of the molecule is CS(=O)(=O)CC1CCCNCC1c1ccc(Cl)c(Cl)c1. The second-order valence-electron chi connectivity index (χ2n) is 5.48. The lowest BCUT2D eigenvalue weighted by molar-refractivity contribution is 0.446. The molecule has 3 nitrogen and oxygen atoms in total. The fourth-order valence-corrected chi connectivity index (χ4v) is 4.32. The van der Waals surface area contributed by atoms with Gasteiger partial charge in [0.1, 0.15) is 9.84 Å². The van der Waals surface area contributed by atoms with Crippen LogP contribution in [0.3, 0.4) is 0 Å². The summed E-state index contributed by atoms with van der Waals surface area (Å²) in [6.07, 6.45) is 3.21. The van der Waals surface area contributed by atoms with E-state index < -0.39 is 9.84 Å². The zero-order chi connectivity index (χ0) is 14.8. The van der Waals surface area contributed by atoms with Crippen molar-refractivity contribution in [2.45, 2.75) is 18.8 Å². The number of rotatable bonds is 3. The third-order valence-corrected chi connectivity index (χ3v) is 5.52. The minimum absolute atomic E-state index is 0.122. The van der Waals surface area contributed by atoms with E-state index in [-0.39, 0.29) is 17.6 Å². The van der Waals surface area contributed by atoms with Crippen molar-refractivity contribution in [1.82, 2.24) is 5.32 Å². The van der Waals surface area contributed by atoms with Crippen molar-refractivity contribution in [3.63, 3.8) is 0 Å². The van der Waals surface area contributed by atoms with Crippen molar-refractivity contribution in [1.29, 1.82) is 0 Å². The lowest BCUT2D eigenvalue weighted by Gasteiger charge is -2.25. The Kier molecular flexibility index (Phi) is 5.35. The maximum Gasteiger partial charge on any atom is 0.147 e. The number of sulfone groups is 1. The number of halogens is 2. The van der Waals surface area contributed by atoms with E-state index in [0.717, 1.165) is 31.5 Å². The van der Waals surface area contributed by atoms with Crippen LogP contribution in [0.15, 0.2) is 18.2 Å². The highest BCUT2D eigenvalue weighted by Gasteiger charge is 2.28. The molecular formula is C14H19Cl2NO2S. The highest BCUT2D eigenvalue weighted by Crippen LogP contribution is 2.33. The van der Waals surface area contributed by atoms with Crippen LogP contribution in [0.1, 0.15) is 24.3 Å². The Labute approximate surface area is 130 Å². The number of hydrogen-bond acceptors (Lipinski definition) is 3. The van der Waals surface area contributed by atoms with E-state index in [1.807, 2.05) is 12.1 Å². The second-order valence-corrected chi connectivity index (χ2v) is 8.48. The zero-order valence-corrected chi connectivity index (χ0v) is 13.7. The molecule has 2 unspecified atom stereocenters. The first-order valence-electron chi connectivity index (χ1n) is 6.70. The molecule has 1 aromatic carbocycles. The first-order valence-corrected chi connectivity index (χ1v) is 9.52. The van der Waals surface area contributed by atoms with E-state index in [1.165, 1.54) is 6.26 Å². The Morgan fingerprint density at radius 3 is 2.70 bits per heavy atom. The molecule has 0 saturated carbocycles. The van der Waals surface area contributed by atoms with Gasteiger partial charge in [-0.2, -0.15) is 0 Å². The van der Waals surface area contributed by atoms with Gasteiger partial charge in [0.2, 0.25) is 0 Å². The Balaban J connectivity index is 2.29. The Hall–Kier alpha value is -0.290. The maximum atomic E-state index is 11.6. The molecule has 0 bridgehead atoms. The minimum atomic E-state index is -2.99. The van der Waals surface area contributed by atoms with Gasteiger partial charge >= 0.3 is 0 Å². The van der Waals surface area contributed by atoms with Crippen LogP contribution < -0.4 is 5.32 Å². The third kappa shape index (κ3) is 4.35. The van der Waals surface area contributed by atoms with Gasteiger partial charge in [-0.3, -0.25) is 0 Å². The molecular weight excluding hydrogens is 317 g/mol. The minimum Gasteiger partial charge on any atom is -0.316 e. The quantitative estimate of drug-likeness (QED) is 0.922. The highest BCUT2D eigenvalue weighted by atomic mass is 35.5. The largest absolute Gasteiger partial charge is 0.316 e. The van der Waals surface area contributed by atoms with Crippen LogP contribution in [-0.4, -0.2) is 33.5 Å². The lowest BCUT2D eigenvalue weighted by Crippen LogP contribution is -2.27. The summed E-state index contributed by atoms with van der Waals surface area (Å²) >= 11 is 12.0. The molecule has 112 valence electrons. The number of benzene rings is 1. The van der Waals surface area contributed by atoms with E-state index in [4.69, 9.17) is 23.2 Å². The molecule has 1 heterocycles. The van der Waals surface area contributed by atoms with E-state index in [0.29, 0.717) is 10.0 Å².